The standard InChI is InChI=1S/C43H76N7O21P3S/c1-27(67-42-30(52)22-29(51)28(2)68-42)16-14-12-10-8-6-5-7-9-11-13-15-17-33(54)75-21-20-45-32(53)18-19-46-40(57)37(56)43(3,4)24-66-74(63,64)71-73(61,62)65-23-31-36(70-72(58,59)60)35(55)41(69-31)50-26-49-34-38(44)47-25-48-39(34)50/h25-31,35-37,41-42,51-52,55-56H,5-24H2,1-4H3,(H,45,53)(H,46,57)(H,61,62)(H,63,64)(H2,44,47,48)(H2,58,59,60)/p-4/t27?,28?,29?,30?,31-,35-,36-,37+,41-,42?/m1/s1. The lowest BCUT2D eigenvalue weighted by Gasteiger charge is -2.36. The number of nitrogens with zero attached hydrogens (tertiary/aromatic N) is 4. The summed E-state index contributed by atoms with van der Waals surface area (Å²) in [6, 6.07) is 0. The number of carbonyl (C=O) groups excluding carboxylic acids is 3. The molecule has 2 amide bonds. The number of thioether (sulfide) groups is 1. The molecule has 2 aromatic rings. The number of nitrogens with one attached hydrogen (secondary N) is 2. The Morgan fingerprint density at radius 3 is 2.16 bits per heavy atom. The summed E-state index contributed by atoms with van der Waals surface area (Å²) < 4.78 is 72.4. The number of anilines is 1. The number of phosphoric ester groups is 3. The van der Waals surface area contributed by atoms with E-state index in [2.05, 4.69) is 43.5 Å². The van der Waals surface area contributed by atoms with Gasteiger partial charge in [0.1, 0.15) is 42.4 Å². The van der Waals surface area contributed by atoms with E-state index in [-0.39, 0.29) is 60.2 Å². The summed E-state index contributed by atoms with van der Waals surface area (Å²) in [7, 11) is -17.6. The lowest BCUT2D eigenvalue weighted by Crippen LogP contribution is -2.48. The van der Waals surface area contributed by atoms with Gasteiger partial charge in [0, 0.05) is 43.5 Å². The molecule has 0 aromatic carbocycles. The van der Waals surface area contributed by atoms with Crippen LogP contribution in [0.4, 0.5) is 5.82 Å². The summed E-state index contributed by atoms with van der Waals surface area (Å²) in [6.07, 6.45) is 3.28. The van der Waals surface area contributed by atoms with Crippen molar-refractivity contribution >= 4 is 69.1 Å². The van der Waals surface area contributed by atoms with Gasteiger partial charge in [-0.15, -0.1) is 0 Å². The van der Waals surface area contributed by atoms with Crippen molar-refractivity contribution in [1.29, 1.82) is 0 Å². The number of hydrogen-bond acceptors (Lipinski definition) is 26. The average Bonchev–Trinajstić information content (AvgIpc) is 3.89. The Morgan fingerprint density at radius 2 is 1.51 bits per heavy atom. The van der Waals surface area contributed by atoms with E-state index in [0.29, 0.717) is 12.2 Å². The first-order chi connectivity index (χ1) is 35.2. The number of phosphoric acid groups is 3. The van der Waals surface area contributed by atoms with Gasteiger partial charge in [0.05, 0.1) is 45.7 Å². The monoisotopic (exact) mass is 1150 g/mol. The molecule has 2 saturated heterocycles. The molecule has 28 nitrogen and oxygen atoms in total. The second-order valence-corrected chi connectivity index (χ2v) is 24.4. The number of aromatic nitrogens is 4. The van der Waals surface area contributed by atoms with Gasteiger partial charge >= 0.3 is 0 Å². The number of fused-ring (bicyclic) bond motifs is 1. The maximum Gasteiger partial charge on any atom is 0.274 e. The molecule has 12 atom stereocenters. The zero-order valence-electron chi connectivity index (χ0n) is 42.4. The fourth-order valence-electron chi connectivity index (χ4n) is 8.00. The number of aliphatic hydroxyl groups is 4. The molecule has 75 heavy (non-hydrogen) atoms. The number of aliphatic hydroxyl groups excluding tert-OH is 4. The number of carbonyl (C=O) groups is 3. The molecule has 32 heteroatoms. The molecule has 0 saturated carbocycles. The molecule has 4 rings (SSSR count). The van der Waals surface area contributed by atoms with Crippen molar-refractivity contribution in [2.75, 3.05) is 37.8 Å². The quantitative estimate of drug-likeness (QED) is 0.0364. The number of unbranched alkanes of at least 4 members (excludes halogenated alkanes) is 10. The number of imidazole rings is 1. The van der Waals surface area contributed by atoms with Gasteiger partial charge in [0.15, 0.2) is 29.1 Å². The third-order valence-corrected chi connectivity index (χ3v) is 16.2. The van der Waals surface area contributed by atoms with Crippen molar-refractivity contribution in [2.45, 2.75) is 185 Å². The summed E-state index contributed by atoms with van der Waals surface area (Å²) in [6.45, 7) is 3.85. The Kier molecular flexibility index (Phi) is 26.6. The Hall–Kier alpha value is -2.60. The molecule has 430 valence electrons. The van der Waals surface area contributed by atoms with Gasteiger partial charge in [-0.25, -0.2) is 19.3 Å². The van der Waals surface area contributed by atoms with Crippen LogP contribution in [0, 0.1) is 5.41 Å². The van der Waals surface area contributed by atoms with Crippen LogP contribution in [0.1, 0.15) is 130 Å². The number of nitrogens with two attached hydrogens (primary N) is 1. The van der Waals surface area contributed by atoms with Crippen LogP contribution in [0.5, 0.6) is 0 Å². The number of ether oxygens (including phenoxy) is 3. The molecule has 2 fully saturated rings. The highest BCUT2D eigenvalue weighted by Gasteiger charge is 2.47. The van der Waals surface area contributed by atoms with Gasteiger partial charge in [0.25, 0.3) is 15.6 Å². The molecule has 0 radical (unpaired) electrons. The summed E-state index contributed by atoms with van der Waals surface area (Å²) in [5, 5.41) is 46.4. The molecular formula is C43H72N7O21P3S-4. The summed E-state index contributed by atoms with van der Waals surface area (Å²) >= 11 is 1.12. The second kappa shape index (κ2) is 30.7. The molecule has 4 heterocycles. The molecule has 0 spiro atoms. The first-order valence-electron chi connectivity index (χ1n) is 24.8. The van der Waals surface area contributed by atoms with E-state index in [1.54, 1.807) is 6.92 Å². The molecule has 2 aromatic heterocycles. The zero-order chi connectivity index (χ0) is 55.6. The topological polar surface area (TPSA) is 434 Å². The maximum absolute atomic E-state index is 12.7. The second-order valence-electron chi connectivity index (χ2n) is 19.2. The Morgan fingerprint density at radius 1 is 0.880 bits per heavy atom. The van der Waals surface area contributed by atoms with Gasteiger partial charge in [-0.05, 0) is 26.7 Å². The highest BCUT2D eigenvalue weighted by Crippen LogP contribution is 2.56. The number of amides is 2. The first kappa shape index (κ1) is 64.9. The Bertz CT molecular complexity index is 2270. The third kappa shape index (κ3) is 22.6. The van der Waals surface area contributed by atoms with Gasteiger partial charge in [-0.2, -0.15) is 0 Å². The highest BCUT2D eigenvalue weighted by molar-refractivity contribution is 8.13. The van der Waals surface area contributed by atoms with E-state index >= 15 is 0 Å². The van der Waals surface area contributed by atoms with Gasteiger partial charge in [0.2, 0.25) is 11.8 Å². The molecular weight excluding hydrogens is 1080 g/mol. The predicted octanol–water partition coefficient (Wildman–Crippen LogP) is 0.470. The van der Waals surface area contributed by atoms with Gasteiger partial charge < -0.3 is 88.7 Å². The van der Waals surface area contributed by atoms with Crippen LogP contribution in [0.2, 0.25) is 0 Å². The third-order valence-electron chi connectivity index (χ3n) is 12.3. The molecule has 0 bridgehead atoms. The van der Waals surface area contributed by atoms with E-state index in [1.165, 1.54) is 33.1 Å². The Balaban J connectivity index is 1.01. The summed E-state index contributed by atoms with van der Waals surface area (Å²) in [5.74, 6) is -1.19. The van der Waals surface area contributed by atoms with Crippen molar-refractivity contribution in [3.8, 4) is 0 Å². The normalized spacial score (nSPS) is 24.9. The van der Waals surface area contributed by atoms with Crippen LogP contribution in [0.25, 0.3) is 11.2 Å². The number of rotatable bonds is 35. The minimum absolute atomic E-state index is 0.0243. The lowest BCUT2D eigenvalue weighted by molar-refractivity contribution is -0.347. The van der Waals surface area contributed by atoms with Crippen molar-refractivity contribution in [3.63, 3.8) is 0 Å². The van der Waals surface area contributed by atoms with E-state index in [1.807, 2.05) is 6.92 Å². The molecule has 2 aliphatic rings. The lowest BCUT2D eigenvalue weighted by atomic mass is 9.87. The highest BCUT2D eigenvalue weighted by atomic mass is 32.2. The van der Waals surface area contributed by atoms with Gasteiger partial charge in [-0.3, -0.25) is 28.1 Å². The van der Waals surface area contributed by atoms with E-state index in [4.69, 9.17) is 19.9 Å². The molecule has 2 aliphatic heterocycles. The SMILES string of the molecule is CC(CCCCCCCCCCCCCC(=O)SCCNC(=O)CCNC(=O)[C@H](O)C(C)(C)COP(=O)([O-])OP(=O)([O-])OC[C@H]1O[C@@H](n2cnc3c(N)ncnc32)[C@H](O)[C@@H]1OP(=O)([O-])[O-])OC1OC(C)C(O)CC1O. The van der Waals surface area contributed by atoms with Crippen molar-refractivity contribution in [3.05, 3.63) is 12.7 Å². The van der Waals surface area contributed by atoms with Crippen LogP contribution in [0.15, 0.2) is 12.7 Å². The van der Waals surface area contributed by atoms with Crippen LogP contribution in [-0.2, 0) is 60.2 Å². The number of nitrogen functional groups attached to an aromatic ring is 1. The van der Waals surface area contributed by atoms with Crippen LogP contribution in [-0.4, -0.2) is 144 Å². The molecule has 7 unspecified atom stereocenters. The van der Waals surface area contributed by atoms with Crippen LogP contribution >= 0.6 is 35.2 Å². The molecule has 8 N–H and O–H groups in total. The van der Waals surface area contributed by atoms with E-state index in [9.17, 15) is 68.1 Å². The largest absolute Gasteiger partial charge is 0.790 e. The fraction of sp³-hybridized carbons (Fsp3) is 0.814. The van der Waals surface area contributed by atoms with Crippen molar-refractivity contribution in [1.82, 2.24) is 30.2 Å². The summed E-state index contributed by atoms with van der Waals surface area (Å²) in [4.78, 5) is 97.1. The first-order valence-corrected chi connectivity index (χ1v) is 30.2. The van der Waals surface area contributed by atoms with Crippen LogP contribution in [0.3, 0.4) is 0 Å². The van der Waals surface area contributed by atoms with Crippen molar-refractivity contribution in [2.24, 2.45) is 5.41 Å². The average molecular weight is 1150 g/mol. The van der Waals surface area contributed by atoms with E-state index < -0.39 is 103 Å². The molecule has 0 aliphatic carbocycles. The predicted molar refractivity (Wildman–Crippen MR) is 260 cm³/mol. The number of hydrogen-bond donors (Lipinski definition) is 7. The van der Waals surface area contributed by atoms with Crippen LogP contribution < -0.4 is 35.9 Å². The maximum atomic E-state index is 12.7. The van der Waals surface area contributed by atoms with Crippen molar-refractivity contribution < 1.29 is 100 Å². The summed E-state index contributed by atoms with van der Waals surface area (Å²) in [5.41, 5.74) is 4.07. The fourth-order valence-corrected chi connectivity index (χ4v) is 11.5. The minimum atomic E-state index is -5.93. The zero-order valence-corrected chi connectivity index (χ0v) is 45.9. The Labute approximate surface area is 439 Å². The minimum Gasteiger partial charge on any atom is -0.790 e. The van der Waals surface area contributed by atoms with E-state index in [0.717, 1.165) is 86.8 Å². The van der Waals surface area contributed by atoms with Gasteiger partial charge in [-0.1, -0.05) is 89.8 Å². The smallest absolute Gasteiger partial charge is 0.274 e.